The summed E-state index contributed by atoms with van der Waals surface area (Å²) in [5, 5.41) is 12.2. The molecule has 7 nitrogen and oxygen atoms in total. The third-order valence-corrected chi connectivity index (χ3v) is 8.17. The van der Waals surface area contributed by atoms with Gasteiger partial charge in [0.2, 0.25) is 5.91 Å². The number of para-hydroxylation sites is 1. The van der Waals surface area contributed by atoms with Crippen molar-refractivity contribution >= 4 is 44.8 Å². The highest BCUT2D eigenvalue weighted by atomic mass is 35.5. The van der Waals surface area contributed by atoms with Crippen LogP contribution >= 0.6 is 23.4 Å². The van der Waals surface area contributed by atoms with E-state index in [1.807, 2.05) is 50.2 Å². The number of nitrogens with zero attached hydrogens (tertiary/aromatic N) is 3. The zero-order chi connectivity index (χ0) is 25.0. The van der Waals surface area contributed by atoms with Crippen molar-refractivity contribution in [2.45, 2.75) is 29.7 Å². The third kappa shape index (κ3) is 6.11. The number of nitrogens with one attached hydrogen (secondary N) is 1. The zero-order valence-corrected chi connectivity index (χ0v) is 21.5. The van der Waals surface area contributed by atoms with E-state index in [2.05, 4.69) is 15.5 Å². The molecule has 0 saturated carbocycles. The number of thioether (sulfide) groups is 1. The molecular formula is C25H23ClN4O3S2. The summed E-state index contributed by atoms with van der Waals surface area (Å²) in [5.74, 6) is -0.246. The summed E-state index contributed by atoms with van der Waals surface area (Å²) in [6.07, 6.45) is 0. The quantitative estimate of drug-likeness (QED) is 0.315. The van der Waals surface area contributed by atoms with Crippen LogP contribution in [0.1, 0.15) is 17.0 Å². The van der Waals surface area contributed by atoms with Crippen LogP contribution in [0.25, 0.3) is 5.69 Å². The molecule has 4 rings (SSSR count). The van der Waals surface area contributed by atoms with Gasteiger partial charge in [-0.2, -0.15) is 0 Å². The minimum atomic E-state index is -3.65. The largest absolute Gasteiger partial charge is 0.325 e. The molecule has 35 heavy (non-hydrogen) atoms. The number of benzene rings is 3. The van der Waals surface area contributed by atoms with Crippen LogP contribution in [-0.4, -0.2) is 34.8 Å². The van der Waals surface area contributed by atoms with Gasteiger partial charge in [-0.1, -0.05) is 65.3 Å². The molecule has 1 amide bonds. The van der Waals surface area contributed by atoms with E-state index in [0.717, 1.165) is 11.1 Å². The molecule has 0 spiro atoms. The van der Waals surface area contributed by atoms with Gasteiger partial charge >= 0.3 is 0 Å². The van der Waals surface area contributed by atoms with Gasteiger partial charge in [-0.05, 0) is 55.8 Å². The van der Waals surface area contributed by atoms with Crippen LogP contribution in [0.4, 0.5) is 5.69 Å². The minimum absolute atomic E-state index is 0.0567. The number of aromatic nitrogens is 3. The smallest absolute Gasteiger partial charge is 0.234 e. The lowest BCUT2D eigenvalue weighted by Gasteiger charge is -2.11. The molecular weight excluding hydrogens is 504 g/mol. The van der Waals surface area contributed by atoms with Crippen molar-refractivity contribution in [3.63, 3.8) is 0 Å². The first-order chi connectivity index (χ1) is 16.7. The molecule has 0 bridgehead atoms. The SMILES string of the molecule is Cc1ccc(S(=O)(=O)Cc2nnc(SCC(=O)Nc3ccc(C)c(Cl)c3)n2-c2ccccc2)cc1. The predicted octanol–water partition coefficient (Wildman–Crippen LogP) is 5.24. The predicted molar refractivity (Wildman–Crippen MR) is 139 cm³/mol. The van der Waals surface area contributed by atoms with Crippen LogP contribution in [0.2, 0.25) is 5.02 Å². The van der Waals surface area contributed by atoms with Gasteiger partial charge in [0, 0.05) is 16.4 Å². The van der Waals surface area contributed by atoms with Crippen LogP contribution in [0.3, 0.4) is 0 Å². The normalized spacial score (nSPS) is 11.4. The second-order valence-electron chi connectivity index (χ2n) is 7.94. The summed E-state index contributed by atoms with van der Waals surface area (Å²) in [6.45, 7) is 3.78. The maximum atomic E-state index is 13.1. The Bertz CT molecular complexity index is 1450. The second kappa shape index (κ2) is 10.6. The number of hydrogen-bond acceptors (Lipinski definition) is 6. The summed E-state index contributed by atoms with van der Waals surface area (Å²) in [6, 6.07) is 21.2. The highest BCUT2D eigenvalue weighted by molar-refractivity contribution is 7.99. The standard InChI is InChI=1S/C25H23ClN4O3S2/c1-17-8-12-21(13-9-17)35(32,33)16-23-28-29-25(30(23)20-6-4-3-5-7-20)34-15-24(31)27-19-11-10-18(2)22(26)14-19/h3-14H,15-16H2,1-2H3,(H,27,31). The molecule has 10 heteroatoms. The average molecular weight is 527 g/mol. The average Bonchev–Trinajstić information content (AvgIpc) is 3.22. The van der Waals surface area contributed by atoms with Crippen LogP contribution in [0.15, 0.2) is 82.8 Å². The summed E-state index contributed by atoms with van der Waals surface area (Å²) < 4.78 is 27.8. The van der Waals surface area contributed by atoms with E-state index in [0.29, 0.717) is 21.6 Å². The third-order valence-electron chi connectivity index (χ3n) is 5.20. The number of carbonyl (C=O) groups excluding carboxylic acids is 1. The highest BCUT2D eigenvalue weighted by Crippen LogP contribution is 2.26. The molecule has 1 heterocycles. The number of hydrogen-bond donors (Lipinski definition) is 1. The van der Waals surface area contributed by atoms with Crippen molar-refractivity contribution in [1.82, 2.24) is 14.8 Å². The summed E-state index contributed by atoms with van der Waals surface area (Å²) in [7, 11) is -3.65. The Morgan fingerprint density at radius 3 is 2.40 bits per heavy atom. The topological polar surface area (TPSA) is 94.0 Å². The van der Waals surface area contributed by atoms with Gasteiger partial charge in [0.15, 0.2) is 20.8 Å². The lowest BCUT2D eigenvalue weighted by molar-refractivity contribution is -0.113. The molecule has 3 aromatic carbocycles. The number of amides is 1. The molecule has 1 N–H and O–H groups in total. The Kier molecular flexibility index (Phi) is 7.59. The Morgan fingerprint density at radius 2 is 1.71 bits per heavy atom. The van der Waals surface area contributed by atoms with Crippen molar-refractivity contribution in [2.75, 3.05) is 11.1 Å². The van der Waals surface area contributed by atoms with E-state index in [9.17, 15) is 13.2 Å². The summed E-state index contributed by atoms with van der Waals surface area (Å²) in [5.41, 5.74) is 3.20. The summed E-state index contributed by atoms with van der Waals surface area (Å²) in [4.78, 5) is 12.8. The van der Waals surface area contributed by atoms with Gasteiger partial charge in [-0.15, -0.1) is 10.2 Å². The van der Waals surface area contributed by atoms with Gasteiger partial charge in [0.25, 0.3) is 0 Å². The lowest BCUT2D eigenvalue weighted by Crippen LogP contribution is -2.15. The van der Waals surface area contributed by atoms with Gasteiger partial charge in [-0.3, -0.25) is 9.36 Å². The molecule has 180 valence electrons. The van der Waals surface area contributed by atoms with Crippen molar-refractivity contribution in [3.8, 4) is 5.69 Å². The van der Waals surface area contributed by atoms with E-state index in [1.165, 1.54) is 11.8 Å². The number of anilines is 1. The summed E-state index contributed by atoms with van der Waals surface area (Å²) >= 11 is 7.31. The fourth-order valence-corrected chi connectivity index (χ4v) is 5.52. The first-order valence-electron chi connectivity index (χ1n) is 10.7. The molecule has 0 radical (unpaired) electrons. The van der Waals surface area contributed by atoms with E-state index in [-0.39, 0.29) is 28.1 Å². The van der Waals surface area contributed by atoms with Crippen LogP contribution in [-0.2, 0) is 20.4 Å². The maximum absolute atomic E-state index is 13.1. The highest BCUT2D eigenvalue weighted by Gasteiger charge is 2.23. The van der Waals surface area contributed by atoms with Crippen molar-refractivity contribution < 1.29 is 13.2 Å². The Labute approximate surface area is 213 Å². The van der Waals surface area contributed by atoms with E-state index in [1.54, 1.807) is 41.0 Å². The molecule has 0 saturated heterocycles. The van der Waals surface area contributed by atoms with Gasteiger partial charge in [-0.25, -0.2) is 8.42 Å². The first-order valence-corrected chi connectivity index (χ1v) is 13.7. The fraction of sp³-hybridized carbons (Fsp3) is 0.160. The Balaban J connectivity index is 1.56. The molecule has 0 unspecified atom stereocenters. The number of halogens is 1. The Morgan fingerprint density at radius 1 is 1.00 bits per heavy atom. The van der Waals surface area contributed by atoms with Gasteiger partial charge < -0.3 is 5.32 Å². The number of carbonyl (C=O) groups is 1. The maximum Gasteiger partial charge on any atom is 0.234 e. The van der Waals surface area contributed by atoms with E-state index >= 15 is 0 Å². The van der Waals surface area contributed by atoms with Crippen molar-refractivity contribution in [3.05, 3.63) is 94.8 Å². The monoisotopic (exact) mass is 526 g/mol. The molecule has 4 aromatic rings. The van der Waals surface area contributed by atoms with Crippen molar-refractivity contribution in [1.29, 1.82) is 0 Å². The molecule has 0 aliphatic rings. The molecule has 0 atom stereocenters. The van der Waals surface area contributed by atoms with Gasteiger partial charge in [0.05, 0.1) is 10.6 Å². The number of rotatable bonds is 8. The molecule has 0 fully saturated rings. The zero-order valence-electron chi connectivity index (χ0n) is 19.1. The van der Waals surface area contributed by atoms with Crippen LogP contribution in [0, 0.1) is 13.8 Å². The van der Waals surface area contributed by atoms with Crippen LogP contribution in [0.5, 0.6) is 0 Å². The van der Waals surface area contributed by atoms with Crippen molar-refractivity contribution in [2.24, 2.45) is 0 Å². The van der Waals surface area contributed by atoms with E-state index < -0.39 is 9.84 Å². The first kappa shape index (κ1) is 25.0. The lowest BCUT2D eigenvalue weighted by atomic mass is 10.2. The number of sulfone groups is 1. The Hall–Kier alpha value is -3.14. The number of aryl methyl sites for hydroxylation is 2. The molecule has 0 aliphatic heterocycles. The van der Waals surface area contributed by atoms with Gasteiger partial charge in [0.1, 0.15) is 5.75 Å². The molecule has 1 aromatic heterocycles. The van der Waals surface area contributed by atoms with Crippen LogP contribution < -0.4 is 5.32 Å². The molecule has 0 aliphatic carbocycles. The second-order valence-corrected chi connectivity index (χ2v) is 11.3. The minimum Gasteiger partial charge on any atom is -0.325 e. The fourth-order valence-electron chi connectivity index (χ4n) is 3.32. The van der Waals surface area contributed by atoms with E-state index in [4.69, 9.17) is 11.6 Å².